The average Bonchev–Trinajstić information content (AvgIpc) is 3.12. The van der Waals surface area contributed by atoms with Crippen LogP contribution < -0.4 is 10.1 Å². The van der Waals surface area contributed by atoms with Gasteiger partial charge in [0.15, 0.2) is 0 Å². The van der Waals surface area contributed by atoms with Crippen LogP contribution in [-0.4, -0.2) is 17.4 Å². The van der Waals surface area contributed by atoms with E-state index in [-0.39, 0.29) is 17.5 Å². The number of carbonyl (C=O) groups excluding carboxylic acids is 1. The lowest BCUT2D eigenvalue weighted by atomic mass is 10.1. The molecule has 0 aliphatic carbocycles. The van der Waals surface area contributed by atoms with Crippen LogP contribution in [0.15, 0.2) is 72.9 Å². The number of aromatic amines is 1. The zero-order chi connectivity index (χ0) is 20.2. The number of halogens is 2. The van der Waals surface area contributed by atoms with Crippen LogP contribution >= 0.6 is 0 Å². The Morgan fingerprint density at radius 2 is 1.55 bits per heavy atom. The number of aromatic nitrogens is 1. The molecule has 146 valence electrons. The van der Waals surface area contributed by atoms with Gasteiger partial charge in [0.1, 0.15) is 23.1 Å². The van der Waals surface area contributed by atoms with Gasteiger partial charge in [0.05, 0.1) is 0 Å². The molecule has 1 amide bonds. The van der Waals surface area contributed by atoms with Crippen LogP contribution in [0.3, 0.4) is 0 Å². The average molecular weight is 392 g/mol. The molecule has 0 saturated heterocycles. The molecular weight excluding hydrogens is 374 g/mol. The molecule has 4 aromatic rings. The van der Waals surface area contributed by atoms with E-state index in [0.717, 1.165) is 16.5 Å². The van der Waals surface area contributed by atoms with Crippen LogP contribution in [-0.2, 0) is 6.42 Å². The van der Waals surface area contributed by atoms with E-state index in [1.807, 2.05) is 6.20 Å². The molecule has 0 saturated carbocycles. The third kappa shape index (κ3) is 4.43. The molecule has 4 rings (SSSR count). The zero-order valence-electron chi connectivity index (χ0n) is 15.4. The molecule has 29 heavy (non-hydrogen) atoms. The van der Waals surface area contributed by atoms with Crippen molar-refractivity contribution in [3.8, 4) is 11.5 Å². The zero-order valence-corrected chi connectivity index (χ0v) is 15.4. The molecule has 6 heteroatoms. The predicted octanol–water partition coefficient (Wildman–Crippen LogP) is 5.21. The lowest BCUT2D eigenvalue weighted by Gasteiger charge is -2.08. The number of ether oxygens (including phenoxy) is 1. The highest BCUT2D eigenvalue weighted by Gasteiger charge is 2.08. The molecule has 0 fully saturated rings. The molecule has 0 aliphatic rings. The van der Waals surface area contributed by atoms with E-state index in [9.17, 15) is 13.6 Å². The van der Waals surface area contributed by atoms with E-state index in [2.05, 4.69) is 10.3 Å². The Balaban J connectivity index is 1.33. The lowest BCUT2D eigenvalue weighted by molar-refractivity contribution is 0.0954. The largest absolute Gasteiger partial charge is 0.457 e. The standard InChI is InChI=1S/C23H18F2N2O2/c24-17-3-8-20(9-4-17)29-19-6-1-15(2-7-19)23(28)26-12-11-16-14-27-22-10-5-18(25)13-21(16)22/h1-10,13-14,27H,11-12H2,(H,26,28). The third-order valence-electron chi connectivity index (χ3n) is 4.58. The Morgan fingerprint density at radius 3 is 2.28 bits per heavy atom. The maximum Gasteiger partial charge on any atom is 0.251 e. The fraction of sp³-hybridized carbons (Fsp3) is 0.0870. The molecule has 0 unspecified atom stereocenters. The summed E-state index contributed by atoms with van der Waals surface area (Å²) in [6.45, 7) is 0.427. The normalized spacial score (nSPS) is 10.8. The van der Waals surface area contributed by atoms with Crippen molar-refractivity contribution in [2.75, 3.05) is 6.54 Å². The van der Waals surface area contributed by atoms with Crippen molar-refractivity contribution in [2.45, 2.75) is 6.42 Å². The number of benzene rings is 3. The molecule has 4 nitrogen and oxygen atoms in total. The summed E-state index contributed by atoms with van der Waals surface area (Å²) >= 11 is 0. The first-order valence-corrected chi connectivity index (χ1v) is 9.16. The number of hydrogen-bond donors (Lipinski definition) is 2. The van der Waals surface area contributed by atoms with Crippen LogP contribution in [0, 0.1) is 11.6 Å². The minimum atomic E-state index is -0.331. The van der Waals surface area contributed by atoms with E-state index >= 15 is 0 Å². The maximum atomic E-state index is 13.4. The number of nitrogens with one attached hydrogen (secondary N) is 2. The van der Waals surface area contributed by atoms with Gasteiger partial charge in [-0.05, 0) is 78.7 Å². The monoisotopic (exact) mass is 392 g/mol. The van der Waals surface area contributed by atoms with Crippen molar-refractivity contribution < 1.29 is 18.3 Å². The van der Waals surface area contributed by atoms with Gasteiger partial charge in [-0.15, -0.1) is 0 Å². The summed E-state index contributed by atoms with van der Waals surface area (Å²) in [5, 5.41) is 3.68. The van der Waals surface area contributed by atoms with Crippen molar-refractivity contribution >= 4 is 16.8 Å². The maximum absolute atomic E-state index is 13.4. The summed E-state index contributed by atoms with van der Waals surface area (Å²) in [4.78, 5) is 15.4. The number of fused-ring (bicyclic) bond motifs is 1. The Hall–Kier alpha value is -3.67. The third-order valence-corrected chi connectivity index (χ3v) is 4.58. The van der Waals surface area contributed by atoms with Gasteiger partial charge < -0.3 is 15.0 Å². The summed E-state index contributed by atoms with van der Waals surface area (Å²) in [5.74, 6) is 0.240. The summed E-state index contributed by atoms with van der Waals surface area (Å²) in [6.07, 6.45) is 2.42. The Kier molecular flexibility index (Phi) is 5.24. The highest BCUT2D eigenvalue weighted by Crippen LogP contribution is 2.22. The van der Waals surface area contributed by atoms with Crippen LogP contribution in [0.25, 0.3) is 10.9 Å². The number of H-pyrrole nitrogens is 1. The summed E-state index contributed by atoms with van der Waals surface area (Å²) in [5.41, 5.74) is 2.31. The van der Waals surface area contributed by atoms with Gasteiger partial charge in [-0.1, -0.05) is 0 Å². The number of amides is 1. The van der Waals surface area contributed by atoms with Crippen LogP contribution in [0.2, 0.25) is 0 Å². The first-order chi connectivity index (χ1) is 14.1. The number of carbonyl (C=O) groups is 1. The number of rotatable bonds is 6. The van der Waals surface area contributed by atoms with Gasteiger partial charge in [-0.2, -0.15) is 0 Å². The van der Waals surface area contributed by atoms with E-state index < -0.39 is 0 Å². The highest BCUT2D eigenvalue weighted by atomic mass is 19.1. The van der Waals surface area contributed by atoms with Crippen molar-refractivity contribution in [3.05, 3.63) is 95.7 Å². The minimum absolute atomic E-state index is 0.204. The fourth-order valence-corrected chi connectivity index (χ4v) is 3.08. The molecule has 3 aromatic carbocycles. The summed E-state index contributed by atoms with van der Waals surface area (Å²) in [7, 11) is 0. The van der Waals surface area contributed by atoms with Crippen LogP contribution in [0.4, 0.5) is 8.78 Å². The van der Waals surface area contributed by atoms with Crippen molar-refractivity contribution in [1.29, 1.82) is 0 Å². The smallest absolute Gasteiger partial charge is 0.251 e. The quantitative estimate of drug-likeness (QED) is 0.473. The molecule has 2 N–H and O–H groups in total. The van der Waals surface area contributed by atoms with Gasteiger partial charge >= 0.3 is 0 Å². The van der Waals surface area contributed by atoms with Gasteiger partial charge in [-0.3, -0.25) is 4.79 Å². The second-order valence-electron chi connectivity index (χ2n) is 6.59. The summed E-state index contributed by atoms with van der Waals surface area (Å²) in [6, 6.07) is 17.0. The van der Waals surface area contributed by atoms with E-state index in [0.29, 0.717) is 30.0 Å². The predicted molar refractivity (Wildman–Crippen MR) is 107 cm³/mol. The Labute approximate surface area is 166 Å². The molecule has 0 radical (unpaired) electrons. The van der Waals surface area contributed by atoms with Gasteiger partial charge in [-0.25, -0.2) is 8.78 Å². The SMILES string of the molecule is O=C(NCCc1c[nH]c2ccc(F)cc12)c1ccc(Oc2ccc(F)cc2)cc1. The minimum Gasteiger partial charge on any atom is -0.457 e. The fourth-order valence-electron chi connectivity index (χ4n) is 3.08. The summed E-state index contributed by atoms with van der Waals surface area (Å²) < 4.78 is 32.0. The van der Waals surface area contributed by atoms with Crippen molar-refractivity contribution in [2.24, 2.45) is 0 Å². The molecule has 0 aliphatic heterocycles. The van der Waals surface area contributed by atoms with Crippen molar-refractivity contribution in [3.63, 3.8) is 0 Å². The molecule has 1 heterocycles. The van der Waals surface area contributed by atoms with Crippen LogP contribution in [0.5, 0.6) is 11.5 Å². The first kappa shape index (κ1) is 18.7. The first-order valence-electron chi connectivity index (χ1n) is 9.16. The van der Waals surface area contributed by atoms with E-state index in [4.69, 9.17) is 4.74 Å². The topological polar surface area (TPSA) is 54.1 Å². The van der Waals surface area contributed by atoms with E-state index in [1.165, 1.54) is 36.4 Å². The molecule has 0 atom stereocenters. The molecule has 0 bridgehead atoms. The number of hydrogen-bond acceptors (Lipinski definition) is 2. The molecule has 0 spiro atoms. The van der Waals surface area contributed by atoms with Crippen molar-refractivity contribution in [1.82, 2.24) is 10.3 Å². The van der Waals surface area contributed by atoms with E-state index in [1.54, 1.807) is 30.3 Å². The Bertz CT molecular complexity index is 1140. The van der Waals surface area contributed by atoms with Crippen LogP contribution in [0.1, 0.15) is 15.9 Å². The second-order valence-corrected chi connectivity index (χ2v) is 6.59. The second kappa shape index (κ2) is 8.14. The molecule has 1 aromatic heterocycles. The lowest BCUT2D eigenvalue weighted by Crippen LogP contribution is -2.25. The Morgan fingerprint density at radius 1 is 0.897 bits per heavy atom. The molecular formula is C23H18F2N2O2. The van der Waals surface area contributed by atoms with Gasteiger partial charge in [0, 0.05) is 29.2 Å². The van der Waals surface area contributed by atoms with Gasteiger partial charge in [0.2, 0.25) is 0 Å². The highest BCUT2D eigenvalue weighted by molar-refractivity contribution is 5.94. The van der Waals surface area contributed by atoms with Gasteiger partial charge in [0.25, 0.3) is 5.91 Å².